The first-order chi connectivity index (χ1) is 7.99. The summed E-state index contributed by atoms with van der Waals surface area (Å²) in [7, 11) is 0. The zero-order chi connectivity index (χ0) is 12.6. The molecule has 90 valence electrons. The zero-order valence-electron chi connectivity index (χ0n) is 10.1. The molecule has 0 aliphatic rings. The number of H-pyrrole nitrogens is 1. The Morgan fingerprint density at radius 2 is 2.12 bits per heavy atom. The van der Waals surface area contributed by atoms with Crippen molar-refractivity contribution in [2.24, 2.45) is 0 Å². The lowest BCUT2D eigenvalue weighted by molar-refractivity contribution is 0.0690. The van der Waals surface area contributed by atoms with Crippen LogP contribution in [0.3, 0.4) is 0 Å². The number of aryl methyl sites for hydroxylation is 1. The number of carboxylic acid groups (broad SMARTS) is 1. The van der Waals surface area contributed by atoms with Gasteiger partial charge in [0, 0.05) is 10.9 Å². The first-order valence-electron chi connectivity index (χ1n) is 5.51. The second-order valence-corrected chi connectivity index (χ2v) is 4.30. The molecule has 0 saturated carbocycles. The van der Waals surface area contributed by atoms with Crippen LogP contribution >= 0.6 is 0 Å². The average molecular weight is 233 g/mol. The molecule has 2 aromatic rings. The van der Waals surface area contributed by atoms with E-state index in [0.717, 1.165) is 22.2 Å². The number of benzene rings is 1. The third-order valence-corrected chi connectivity index (χ3v) is 2.62. The predicted molar refractivity (Wildman–Crippen MR) is 65.8 cm³/mol. The fourth-order valence-corrected chi connectivity index (χ4v) is 1.87. The maximum absolute atomic E-state index is 11.0. The van der Waals surface area contributed by atoms with Crippen LogP contribution in [0.15, 0.2) is 18.2 Å². The monoisotopic (exact) mass is 233 g/mol. The first-order valence-corrected chi connectivity index (χ1v) is 5.51. The van der Waals surface area contributed by atoms with Crippen LogP contribution < -0.4 is 4.74 Å². The average Bonchev–Trinajstić information content (AvgIpc) is 2.56. The van der Waals surface area contributed by atoms with Gasteiger partial charge in [0.25, 0.3) is 0 Å². The van der Waals surface area contributed by atoms with Crippen LogP contribution in [-0.2, 0) is 0 Å². The van der Waals surface area contributed by atoms with E-state index in [1.54, 1.807) is 6.92 Å². The Morgan fingerprint density at radius 1 is 1.41 bits per heavy atom. The van der Waals surface area contributed by atoms with E-state index in [0.29, 0.717) is 0 Å². The Kier molecular flexibility index (Phi) is 2.79. The lowest BCUT2D eigenvalue weighted by Gasteiger charge is -2.09. The Labute approximate surface area is 99.2 Å². The molecule has 0 atom stereocenters. The maximum Gasteiger partial charge on any atom is 0.352 e. The van der Waals surface area contributed by atoms with Gasteiger partial charge in [0.05, 0.1) is 6.10 Å². The lowest BCUT2D eigenvalue weighted by Crippen LogP contribution is -2.05. The molecule has 2 N–H and O–H groups in total. The minimum atomic E-state index is -0.940. The molecule has 0 saturated heterocycles. The number of nitrogens with one attached hydrogen (secondary N) is 1. The van der Waals surface area contributed by atoms with Gasteiger partial charge in [-0.05, 0) is 44.5 Å². The highest BCUT2D eigenvalue weighted by Gasteiger charge is 2.13. The zero-order valence-corrected chi connectivity index (χ0v) is 10.1. The van der Waals surface area contributed by atoms with E-state index in [9.17, 15) is 4.79 Å². The van der Waals surface area contributed by atoms with Crippen LogP contribution in [0, 0.1) is 6.92 Å². The molecule has 0 spiro atoms. The molecule has 0 aliphatic heterocycles. The molecule has 0 bridgehead atoms. The van der Waals surface area contributed by atoms with Gasteiger partial charge in [0.1, 0.15) is 11.4 Å². The molecule has 4 heteroatoms. The molecule has 0 radical (unpaired) electrons. The SMILES string of the molecule is Cc1c(C(=O)O)[nH]c2ccc(OC(C)C)cc12. The number of hydrogen-bond acceptors (Lipinski definition) is 2. The number of ether oxygens (including phenoxy) is 1. The molecular formula is C13H15NO3. The largest absolute Gasteiger partial charge is 0.491 e. The Hall–Kier alpha value is -1.97. The standard InChI is InChI=1S/C13H15NO3/c1-7(2)17-9-4-5-11-10(6-9)8(3)12(14-11)13(15)16/h4-7,14H,1-3H3,(H,15,16). The van der Waals surface area contributed by atoms with Gasteiger partial charge in [0.15, 0.2) is 0 Å². The van der Waals surface area contributed by atoms with Crippen LogP contribution in [0.4, 0.5) is 0 Å². The molecule has 0 unspecified atom stereocenters. The number of carboxylic acids is 1. The van der Waals surface area contributed by atoms with Gasteiger partial charge in [-0.2, -0.15) is 0 Å². The number of rotatable bonds is 3. The fraction of sp³-hybridized carbons (Fsp3) is 0.308. The van der Waals surface area contributed by atoms with E-state index in [1.807, 2.05) is 32.0 Å². The number of carbonyl (C=O) groups is 1. The van der Waals surface area contributed by atoms with Crippen LogP contribution in [-0.4, -0.2) is 22.2 Å². The summed E-state index contributed by atoms with van der Waals surface area (Å²) in [6.07, 6.45) is 0.102. The van der Waals surface area contributed by atoms with Crippen molar-refractivity contribution in [3.63, 3.8) is 0 Å². The minimum Gasteiger partial charge on any atom is -0.491 e. The van der Waals surface area contributed by atoms with E-state index >= 15 is 0 Å². The predicted octanol–water partition coefficient (Wildman–Crippen LogP) is 2.96. The second kappa shape index (κ2) is 4.13. The Morgan fingerprint density at radius 3 is 2.71 bits per heavy atom. The molecule has 4 nitrogen and oxygen atoms in total. The maximum atomic E-state index is 11.0. The summed E-state index contributed by atoms with van der Waals surface area (Å²) in [4.78, 5) is 13.9. The van der Waals surface area contributed by atoms with Gasteiger partial charge in [-0.3, -0.25) is 0 Å². The molecule has 1 heterocycles. The van der Waals surface area contributed by atoms with Crippen LogP contribution in [0.2, 0.25) is 0 Å². The highest BCUT2D eigenvalue weighted by atomic mass is 16.5. The molecule has 0 amide bonds. The van der Waals surface area contributed by atoms with Crippen molar-refractivity contribution in [3.05, 3.63) is 29.5 Å². The summed E-state index contributed by atoms with van der Waals surface area (Å²) in [6.45, 7) is 5.70. The van der Waals surface area contributed by atoms with Gasteiger partial charge in [-0.1, -0.05) is 0 Å². The number of fused-ring (bicyclic) bond motifs is 1. The van der Waals surface area contributed by atoms with E-state index < -0.39 is 5.97 Å². The number of aromatic amines is 1. The topological polar surface area (TPSA) is 62.3 Å². The van der Waals surface area contributed by atoms with E-state index in [2.05, 4.69) is 4.98 Å². The molecule has 2 rings (SSSR count). The third-order valence-electron chi connectivity index (χ3n) is 2.62. The smallest absolute Gasteiger partial charge is 0.352 e. The molecule has 1 aromatic carbocycles. The highest BCUT2D eigenvalue weighted by molar-refractivity contribution is 5.97. The van der Waals surface area contributed by atoms with Gasteiger partial charge < -0.3 is 14.8 Å². The van der Waals surface area contributed by atoms with E-state index in [-0.39, 0.29) is 11.8 Å². The molecule has 17 heavy (non-hydrogen) atoms. The van der Waals surface area contributed by atoms with Crippen molar-refractivity contribution in [2.75, 3.05) is 0 Å². The number of aromatic carboxylic acids is 1. The van der Waals surface area contributed by atoms with Crippen molar-refractivity contribution in [3.8, 4) is 5.75 Å². The normalized spacial score (nSPS) is 11.1. The molecular weight excluding hydrogens is 218 g/mol. The summed E-state index contributed by atoms with van der Waals surface area (Å²) < 4.78 is 5.59. The van der Waals surface area contributed by atoms with Gasteiger partial charge >= 0.3 is 5.97 Å². The summed E-state index contributed by atoms with van der Waals surface area (Å²) >= 11 is 0. The van der Waals surface area contributed by atoms with E-state index in [4.69, 9.17) is 9.84 Å². The van der Waals surface area contributed by atoms with Crippen LogP contribution in [0.5, 0.6) is 5.75 Å². The molecule has 0 fully saturated rings. The van der Waals surface area contributed by atoms with Crippen molar-refractivity contribution in [1.82, 2.24) is 4.98 Å². The summed E-state index contributed by atoms with van der Waals surface area (Å²) in [6, 6.07) is 5.55. The van der Waals surface area contributed by atoms with Crippen LogP contribution in [0.1, 0.15) is 29.9 Å². The number of hydrogen-bond donors (Lipinski definition) is 2. The number of aromatic nitrogens is 1. The quantitative estimate of drug-likeness (QED) is 0.856. The van der Waals surface area contributed by atoms with Crippen molar-refractivity contribution in [1.29, 1.82) is 0 Å². The fourth-order valence-electron chi connectivity index (χ4n) is 1.87. The first kappa shape index (κ1) is 11.5. The molecule has 0 aliphatic carbocycles. The summed E-state index contributed by atoms with van der Waals surface area (Å²) in [5, 5.41) is 9.91. The second-order valence-electron chi connectivity index (χ2n) is 4.30. The summed E-state index contributed by atoms with van der Waals surface area (Å²) in [5.41, 5.74) is 1.79. The third kappa shape index (κ3) is 2.11. The van der Waals surface area contributed by atoms with Gasteiger partial charge in [-0.15, -0.1) is 0 Å². The van der Waals surface area contributed by atoms with Crippen molar-refractivity contribution in [2.45, 2.75) is 26.9 Å². The minimum absolute atomic E-state index is 0.102. The van der Waals surface area contributed by atoms with Gasteiger partial charge in [-0.25, -0.2) is 4.79 Å². The summed E-state index contributed by atoms with van der Waals surface area (Å²) in [5.74, 6) is -0.184. The van der Waals surface area contributed by atoms with Crippen molar-refractivity contribution < 1.29 is 14.6 Å². The van der Waals surface area contributed by atoms with Crippen molar-refractivity contribution >= 4 is 16.9 Å². The molecule has 1 aromatic heterocycles. The lowest BCUT2D eigenvalue weighted by atomic mass is 10.1. The highest BCUT2D eigenvalue weighted by Crippen LogP contribution is 2.26. The van der Waals surface area contributed by atoms with Crippen LogP contribution in [0.25, 0.3) is 10.9 Å². The van der Waals surface area contributed by atoms with E-state index in [1.165, 1.54) is 0 Å². The Bertz CT molecular complexity index is 569. The Balaban J connectivity index is 2.53. The van der Waals surface area contributed by atoms with Gasteiger partial charge in [0.2, 0.25) is 0 Å².